The fourth-order valence-electron chi connectivity index (χ4n) is 4.74. The van der Waals surface area contributed by atoms with Crippen LogP contribution in [0.2, 0.25) is 0 Å². The fraction of sp³-hybridized carbons (Fsp3) is 0.788. The third-order valence-corrected chi connectivity index (χ3v) is 7.14. The lowest BCUT2D eigenvalue weighted by atomic mass is 10.0. The van der Waals surface area contributed by atoms with E-state index >= 15 is 0 Å². The number of ketones is 1. The maximum Gasteiger partial charge on any atom is 0.330 e. The van der Waals surface area contributed by atoms with Gasteiger partial charge in [0.05, 0.1) is 13.2 Å². The summed E-state index contributed by atoms with van der Waals surface area (Å²) < 4.78 is 16.3. The van der Waals surface area contributed by atoms with E-state index in [4.69, 9.17) is 14.2 Å². The molecule has 0 radical (unpaired) electrons. The number of carbonyl (C=O) groups excluding carboxylic acids is 5. The lowest BCUT2D eigenvalue weighted by Crippen LogP contribution is -2.59. The molecular formula is C33H59N3O8. The number of ether oxygens (including phenoxy) is 3. The van der Waals surface area contributed by atoms with Crippen molar-refractivity contribution in [3.63, 3.8) is 0 Å². The molecule has 4 unspecified atom stereocenters. The molecule has 0 aromatic carbocycles. The molecule has 0 aliphatic rings. The van der Waals surface area contributed by atoms with Crippen molar-refractivity contribution in [2.45, 2.75) is 124 Å². The molecule has 11 heteroatoms. The van der Waals surface area contributed by atoms with E-state index in [9.17, 15) is 24.0 Å². The Morgan fingerprint density at radius 2 is 1.34 bits per heavy atom. The maximum atomic E-state index is 13.7. The van der Waals surface area contributed by atoms with Gasteiger partial charge in [-0.05, 0) is 83.8 Å². The van der Waals surface area contributed by atoms with Gasteiger partial charge in [0.25, 0.3) is 0 Å². The van der Waals surface area contributed by atoms with Gasteiger partial charge in [-0.25, -0.2) is 9.59 Å². The van der Waals surface area contributed by atoms with E-state index in [1.807, 2.05) is 27.7 Å². The Morgan fingerprint density at radius 1 is 0.818 bits per heavy atom. The van der Waals surface area contributed by atoms with Crippen LogP contribution in [0.5, 0.6) is 0 Å². The number of nitrogens with one attached hydrogen (secondary N) is 2. The van der Waals surface area contributed by atoms with Crippen LogP contribution in [0.4, 0.5) is 0 Å². The first-order valence-electron chi connectivity index (χ1n) is 16.2. The van der Waals surface area contributed by atoms with E-state index in [0.717, 1.165) is 38.2 Å². The van der Waals surface area contributed by atoms with Gasteiger partial charge in [-0.3, -0.25) is 19.3 Å². The summed E-state index contributed by atoms with van der Waals surface area (Å²) in [6, 6.07) is -2.35. The van der Waals surface area contributed by atoms with Crippen LogP contribution in [0.15, 0.2) is 12.7 Å². The number of nitrogens with zero attached hydrogens (tertiary/aromatic N) is 1. The Kier molecular flexibility index (Phi) is 22.1. The van der Waals surface area contributed by atoms with Crippen LogP contribution in [0.25, 0.3) is 0 Å². The second kappa shape index (κ2) is 23.6. The van der Waals surface area contributed by atoms with E-state index in [1.54, 1.807) is 11.9 Å². The number of unbranched alkanes of at least 4 members (excludes halogenated alkanes) is 4. The standard InChI is InChI=1S/C33H59N3O8/c1-10-13-18-36(12-3)29(30(25(8)37)44-28(38)11-2)31(39)35-27(22-24(6)7)33(41)43-20-17-15-14-16-19-42-32(40)26(34-9)21-23(4)5/h11,23-24,26-27,29-30,34H,2,10,12-22H2,1,3-9H3,(H,35,39). The van der Waals surface area contributed by atoms with Crippen molar-refractivity contribution in [1.82, 2.24) is 15.5 Å². The average molecular weight is 626 g/mol. The summed E-state index contributed by atoms with van der Waals surface area (Å²) in [5.74, 6) is -2.20. The molecule has 4 atom stereocenters. The largest absolute Gasteiger partial charge is 0.465 e. The summed E-state index contributed by atoms with van der Waals surface area (Å²) in [5.41, 5.74) is 0. The highest BCUT2D eigenvalue weighted by Gasteiger charge is 2.40. The Labute approximate surface area is 265 Å². The molecular weight excluding hydrogens is 566 g/mol. The van der Waals surface area contributed by atoms with Gasteiger partial charge >= 0.3 is 17.9 Å². The molecule has 254 valence electrons. The number of hydrogen-bond acceptors (Lipinski definition) is 10. The third-order valence-electron chi connectivity index (χ3n) is 7.14. The molecule has 0 fully saturated rings. The zero-order valence-corrected chi connectivity index (χ0v) is 28.4. The molecule has 0 spiro atoms. The Balaban J connectivity index is 5.20. The van der Waals surface area contributed by atoms with Gasteiger partial charge in [0.1, 0.15) is 18.1 Å². The number of Topliss-reactive ketones (excluding diaryl/α,β-unsaturated/α-hetero) is 1. The summed E-state index contributed by atoms with van der Waals surface area (Å²) >= 11 is 0. The van der Waals surface area contributed by atoms with E-state index in [0.29, 0.717) is 44.9 Å². The van der Waals surface area contributed by atoms with Crippen LogP contribution in [-0.2, 0) is 38.2 Å². The predicted molar refractivity (Wildman–Crippen MR) is 171 cm³/mol. The van der Waals surface area contributed by atoms with Gasteiger partial charge in [-0.2, -0.15) is 0 Å². The van der Waals surface area contributed by atoms with E-state index < -0.39 is 41.8 Å². The number of hydrogen-bond donors (Lipinski definition) is 2. The molecule has 0 saturated heterocycles. The number of amides is 1. The third kappa shape index (κ3) is 16.9. The van der Waals surface area contributed by atoms with Crippen LogP contribution < -0.4 is 10.6 Å². The van der Waals surface area contributed by atoms with Crippen molar-refractivity contribution >= 4 is 29.6 Å². The molecule has 1 amide bonds. The summed E-state index contributed by atoms with van der Waals surface area (Å²) in [6.07, 6.45) is 5.23. The molecule has 11 nitrogen and oxygen atoms in total. The number of rotatable bonds is 25. The quantitative estimate of drug-likeness (QED) is 0.0663. The van der Waals surface area contributed by atoms with E-state index in [2.05, 4.69) is 31.1 Å². The predicted octanol–water partition coefficient (Wildman–Crippen LogP) is 3.98. The molecule has 0 heterocycles. The molecule has 0 aromatic heterocycles. The Hall–Kier alpha value is -2.79. The molecule has 0 aliphatic carbocycles. The van der Waals surface area contributed by atoms with Gasteiger partial charge in [-0.15, -0.1) is 0 Å². The van der Waals surface area contributed by atoms with Crippen molar-refractivity contribution in [2.24, 2.45) is 11.8 Å². The Bertz CT molecular complexity index is 892. The lowest BCUT2D eigenvalue weighted by molar-refractivity contribution is -0.158. The smallest absolute Gasteiger partial charge is 0.330 e. The zero-order valence-electron chi connectivity index (χ0n) is 28.4. The molecule has 2 N–H and O–H groups in total. The second-order valence-corrected chi connectivity index (χ2v) is 12.0. The van der Waals surface area contributed by atoms with E-state index in [1.165, 1.54) is 6.92 Å². The van der Waals surface area contributed by atoms with Crippen LogP contribution in [0, 0.1) is 11.8 Å². The highest BCUT2D eigenvalue weighted by atomic mass is 16.6. The van der Waals surface area contributed by atoms with Gasteiger partial charge in [0.2, 0.25) is 5.91 Å². The monoisotopic (exact) mass is 625 g/mol. The average Bonchev–Trinajstić information content (AvgIpc) is 2.97. The van der Waals surface area contributed by atoms with Crippen molar-refractivity contribution < 1.29 is 38.2 Å². The van der Waals surface area contributed by atoms with Crippen molar-refractivity contribution in [3.05, 3.63) is 12.7 Å². The fourth-order valence-corrected chi connectivity index (χ4v) is 4.74. The molecule has 0 rings (SSSR count). The topological polar surface area (TPSA) is 140 Å². The van der Waals surface area contributed by atoms with Crippen molar-refractivity contribution in [2.75, 3.05) is 33.4 Å². The SMILES string of the molecule is C=CC(=O)OC(C(C)=O)C(C(=O)NC(CC(C)C)C(=O)OCCCCCCOC(=O)C(CC(C)C)NC)N(CC)CCCC. The second-order valence-electron chi connectivity index (χ2n) is 12.0. The first-order valence-corrected chi connectivity index (χ1v) is 16.2. The number of esters is 3. The first-order chi connectivity index (χ1) is 20.8. The molecule has 44 heavy (non-hydrogen) atoms. The highest BCUT2D eigenvalue weighted by Crippen LogP contribution is 2.15. The Morgan fingerprint density at radius 3 is 1.77 bits per heavy atom. The molecule has 0 bridgehead atoms. The molecule has 0 aromatic rings. The molecule has 0 aliphatic heterocycles. The number of likely N-dealkylation sites (N-methyl/N-ethyl adjacent to an activating group) is 2. The molecule has 0 saturated carbocycles. The summed E-state index contributed by atoms with van der Waals surface area (Å²) in [4.78, 5) is 65.4. The van der Waals surface area contributed by atoms with Crippen LogP contribution >= 0.6 is 0 Å². The number of carbonyl (C=O) groups is 5. The van der Waals surface area contributed by atoms with Crippen molar-refractivity contribution in [3.8, 4) is 0 Å². The maximum absolute atomic E-state index is 13.7. The first kappa shape index (κ1) is 41.2. The minimum Gasteiger partial charge on any atom is -0.465 e. The van der Waals surface area contributed by atoms with Gasteiger partial charge in [0.15, 0.2) is 11.9 Å². The zero-order chi connectivity index (χ0) is 33.7. The van der Waals surface area contributed by atoms with Gasteiger partial charge in [-0.1, -0.05) is 54.5 Å². The van der Waals surface area contributed by atoms with Crippen LogP contribution in [0.3, 0.4) is 0 Å². The van der Waals surface area contributed by atoms with Gasteiger partial charge < -0.3 is 24.8 Å². The summed E-state index contributed by atoms with van der Waals surface area (Å²) in [6.45, 7) is 18.0. The van der Waals surface area contributed by atoms with Crippen LogP contribution in [-0.4, -0.2) is 92.1 Å². The minimum absolute atomic E-state index is 0.0709. The normalized spacial score (nSPS) is 14.1. The summed E-state index contributed by atoms with van der Waals surface area (Å²) in [5, 5.41) is 5.79. The highest BCUT2D eigenvalue weighted by molar-refractivity contribution is 5.95. The minimum atomic E-state index is -1.35. The van der Waals surface area contributed by atoms with Crippen LogP contribution in [0.1, 0.15) is 99.8 Å². The summed E-state index contributed by atoms with van der Waals surface area (Å²) in [7, 11) is 1.75. The van der Waals surface area contributed by atoms with Gasteiger partial charge in [0, 0.05) is 6.08 Å². The lowest BCUT2D eigenvalue weighted by Gasteiger charge is -2.34. The van der Waals surface area contributed by atoms with Crippen molar-refractivity contribution in [1.29, 1.82) is 0 Å². The van der Waals surface area contributed by atoms with E-state index in [-0.39, 0.29) is 24.5 Å².